The van der Waals surface area contributed by atoms with Gasteiger partial charge in [0.25, 0.3) is 5.91 Å². The predicted molar refractivity (Wildman–Crippen MR) is 99.0 cm³/mol. The third-order valence-corrected chi connectivity index (χ3v) is 5.38. The first-order valence-corrected chi connectivity index (χ1v) is 11.5. The lowest BCUT2D eigenvalue weighted by Crippen LogP contribution is -2.11. The summed E-state index contributed by atoms with van der Waals surface area (Å²) in [6.07, 6.45) is 10.2. The van der Waals surface area contributed by atoms with Crippen molar-refractivity contribution in [2.75, 3.05) is 37.4 Å². The minimum absolute atomic E-state index is 0.228. The maximum absolute atomic E-state index is 11.6. The summed E-state index contributed by atoms with van der Waals surface area (Å²) < 4.78 is 7.48. The number of carbonyl (C=O) groups excluding carboxylic acids is 1. The van der Waals surface area contributed by atoms with Crippen LogP contribution in [0, 0.1) is 0 Å². The van der Waals surface area contributed by atoms with Crippen LogP contribution in [0.1, 0.15) is 10.4 Å². The minimum atomic E-state index is -0.605. The van der Waals surface area contributed by atoms with Crippen LogP contribution in [0.25, 0.3) is 11.0 Å². The lowest BCUT2D eigenvalue weighted by atomic mass is 10.2. The Hall–Kier alpha value is -0.960. The van der Waals surface area contributed by atoms with E-state index < -0.39 is 15.9 Å². The Kier molecular flexibility index (Phi) is 5.83. The average Bonchev–Trinajstić information content (AvgIpc) is 2.82. The lowest BCUT2D eigenvalue weighted by Gasteiger charge is -2.24. The molecule has 0 fully saturated rings. The van der Waals surface area contributed by atoms with Crippen molar-refractivity contribution in [3.05, 3.63) is 16.9 Å². The van der Waals surface area contributed by atoms with Gasteiger partial charge in [-0.25, -0.2) is 20.0 Å². The van der Waals surface area contributed by atoms with Crippen LogP contribution < -0.4 is 5.73 Å². The molecule has 2 rings (SSSR count). The van der Waals surface area contributed by atoms with Gasteiger partial charge in [0.05, 0.1) is 17.6 Å². The Morgan fingerprint density at radius 2 is 2.13 bits per heavy atom. The Morgan fingerprint density at radius 3 is 2.70 bits per heavy atom. The summed E-state index contributed by atoms with van der Waals surface area (Å²) in [6.45, 7) is 0.944. The third-order valence-electron chi connectivity index (χ3n) is 3.17. The van der Waals surface area contributed by atoms with E-state index in [9.17, 15) is 4.79 Å². The number of thioether (sulfide) groups is 1. The van der Waals surface area contributed by atoms with E-state index in [1.54, 1.807) is 10.8 Å². The molecule has 2 aromatic rings. The Balaban J connectivity index is 2.32. The summed E-state index contributed by atoms with van der Waals surface area (Å²) in [7, 11) is -0.605. The van der Waals surface area contributed by atoms with Crippen LogP contribution >= 0.6 is 33.4 Å². The number of nitrogens with zero attached hydrogens (tertiary/aromatic N) is 3. The highest BCUT2D eigenvalue weighted by Gasteiger charge is 2.19. The topological polar surface area (TPSA) is 83.0 Å². The van der Waals surface area contributed by atoms with Crippen molar-refractivity contribution in [1.82, 2.24) is 14.5 Å². The van der Waals surface area contributed by atoms with Gasteiger partial charge in [-0.05, 0) is 25.0 Å². The maximum Gasteiger partial charge on any atom is 0.251 e. The Bertz CT molecular complexity index is 728. The fourth-order valence-corrected chi connectivity index (χ4v) is 3.27. The van der Waals surface area contributed by atoms with Crippen molar-refractivity contribution in [2.45, 2.75) is 11.9 Å². The zero-order valence-electron chi connectivity index (χ0n) is 13.6. The van der Waals surface area contributed by atoms with E-state index in [2.05, 4.69) is 28.7 Å². The second kappa shape index (κ2) is 7.29. The zero-order valence-corrected chi connectivity index (χ0v) is 16.0. The van der Waals surface area contributed by atoms with Gasteiger partial charge in [-0.1, -0.05) is 23.4 Å². The summed E-state index contributed by atoms with van der Waals surface area (Å²) in [4.78, 5) is 20.2. The number of hydrogen-bond donors (Lipinski definition) is 1. The molecule has 0 spiro atoms. The number of carbonyl (C=O) groups is 1. The van der Waals surface area contributed by atoms with Gasteiger partial charge in [0.2, 0.25) is 0 Å². The molecule has 2 N–H and O–H groups in total. The summed E-state index contributed by atoms with van der Waals surface area (Å²) >= 11 is 7.58. The van der Waals surface area contributed by atoms with Gasteiger partial charge in [0.15, 0.2) is 5.16 Å². The molecule has 1 amide bonds. The van der Waals surface area contributed by atoms with Gasteiger partial charge in [-0.2, -0.15) is 0 Å². The van der Waals surface area contributed by atoms with E-state index in [1.807, 2.05) is 6.26 Å². The average molecular weight is 377 g/mol. The number of fused-ring (bicyclic) bond motifs is 1. The Morgan fingerprint density at radius 1 is 1.43 bits per heavy atom. The van der Waals surface area contributed by atoms with Gasteiger partial charge in [-0.15, -0.1) is 0 Å². The van der Waals surface area contributed by atoms with Crippen molar-refractivity contribution in [3.63, 3.8) is 0 Å². The van der Waals surface area contributed by atoms with E-state index in [1.165, 1.54) is 11.8 Å². The molecular formula is C14H21ClN4O2S2. The van der Waals surface area contributed by atoms with E-state index >= 15 is 0 Å². The van der Waals surface area contributed by atoms with Crippen molar-refractivity contribution in [1.29, 1.82) is 0 Å². The predicted octanol–water partition coefficient (Wildman–Crippen LogP) is 2.57. The Labute approximate surface area is 146 Å². The van der Waals surface area contributed by atoms with Gasteiger partial charge >= 0.3 is 0 Å². The van der Waals surface area contributed by atoms with Crippen molar-refractivity contribution in [3.8, 4) is 0 Å². The largest absolute Gasteiger partial charge is 0.366 e. The monoisotopic (exact) mass is 376 g/mol. The number of hydrogen-bond acceptors (Lipinski definition) is 5. The third kappa shape index (κ3) is 4.53. The molecule has 6 nitrogen and oxygen atoms in total. The molecular weight excluding hydrogens is 356 g/mol. The number of amides is 1. The summed E-state index contributed by atoms with van der Waals surface area (Å²) in [6, 6.07) is 0. The molecule has 0 bridgehead atoms. The van der Waals surface area contributed by atoms with Crippen molar-refractivity contribution in [2.24, 2.45) is 5.73 Å². The first-order chi connectivity index (χ1) is 10.7. The van der Waals surface area contributed by atoms with E-state index in [0.717, 1.165) is 5.75 Å². The van der Waals surface area contributed by atoms with Crippen molar-refractivity contribution >= 4 is 50.3 Å². The van der Waals surface area contributed by atoms with Gasteiger partial charge < -0.3 is 15.0 Å². The minimum Gasteiger partial charge on any atom is -0.366 e. The van der Waals surface area contributed by atoms with Crippen LogP contribution in [0.4, 0.5) is 0 Å². The van der Waals surface area contributed by atoms with Crippen molar-refractivity contribution < 1.29 is 9.53 Å². The van der Waals surface area contributed by atoms with Crippen LogP contribution in [0.3, 0.4) is 0 Å². The fourth-order valence-electron chi connectivity index (χ4n) is 1.97. The quantitative estimate of drug-likeness (QED) is 0.347. The molecule has 0 atom stereocenters. The number of aromatic nitrogens is 3. The van der Waals surface area contributed by atoms with E-state index in [0.29, 0.717) is 35.1 Å². The van der Waals surface area contributed by atoms with Gasteiger partial charge in [-0.3, -0.25) is 4.79 Å². The fraction of sp³-hybridized carbons (Fsp3) is 0.500. The summed E-state index contributed by atoms with van der Waals surface area (Å²) in [5.74, 6) is 0.455. The molecule has 0 radical (unpaired) electrons. The van der Waals surface area contributed by atoms with Crippen LogP contribution in [0.2, 0.25) is 5.15 Å². The second-order valence-electron chi connectivity index (χ2n) is 5.91. The zero-order chi connectivity index (χ0) is 17.2. The molecule has 9 heteroatoms. The highest BCUT2D eigenvalue weighted by molar-refractivity contribution is 8.32. The highest BCUT2D eigenvalue weighted by atomic mass is 35.5. The van der Waals surface area contributed by atoms with Crippen LogP contribution in [0.15, 0.2) is 11.4 Å². The number of primary amides is 1. The molecule has 23 heavy (non-hydrogen) atoms. The van der Waals surface area contributed by atoms with Gasteiger partial charge in [0.1, 0.15) is 17.5 Å². The number of nitrogens with two attached hydrogens (primary N) is 1. The number of rotatable bonds is 7. The second-order valence-corrected chi connectivity index (χ2v) is 11.6. The number of halogens is 1. The first kappa shape index (κ1) is 18.4. The summed E-state index contributed by atoms with van der Waals surface area (Å²) in [5, 5.41) is 1.24. The highest BCUT2D eigenvalue weighted by Crippen LogP contribution is 2.33. The molecule has 0 aliphatic heterocycles. The smallest absolute Gasteiger partial charge is 0.251 e. The molecule has 0 saturated heterocycles. The van der Waals surface area contributed by atoms with E-state index in [4.69, 9.17) is 22.1 Å². The summed E-state index contributed by atoms with van der Waals surface area (Å²) in [5.41, 5.74) is 6.30. The van der Waals surface area contributed by atoms with Crippen LogP contribution in [-0.2, 0) is 11.5 Å². The van der Waals surface area contributed by atoms with Crippen LogP contribution in [-0.4, -0.2) is 57.8 Å². The first-order valence-electron chi connectivity index (χ1n) is 6.87. The molecule has 0 unspecified atom stereocenters. The SMILES string of the molecule is CSc1nc(Cl)c2c(C(N)=O)cn(COCCS(C)(C)C)c2n1. The molecule has 2 aromatic heterocycles. The molecule has 128 valence electrons. The maximum atomic E-state index is 11.6. The van der Waals surface area contributed by atoms with Gasteiger partial charge in [0, 0.05) is 11.9 Å². The normalized spacial score (nSPS) is 12.7. The molecule has 2 heterocycles. The molecule has 0 saturated carbocycles. The van der Waals surface area contributed by atoms with E-state index in [-0.39, 0.29) is 5.15 Å². The number of ether oxygens (including phenoxy) is 1. The standard InChI is InChI=1S/C14H21ClN4O2S2/c1-22-14-17-11(15)10-9(12(16)20)7-19(13(10)18-14)8-21-5-6-23(2,3)4/h7H,5-6,8H2,1-4H3,(H2,16,20). The molecule has 0 aromatic carbocycles. The molecule has 0 aliphatic rings. The molecule has 0 aliphatic carbocycles. The van der Waals surface area contributed by atoms with Crippen LogP contribution in [0.5, 0.6) is 0 Å². The lowest BCUT2D eigenvalue weighted by molar-refractivity contribution is 0.0918.